The van der Waals surface area contributed by atoms with Crippen LogP contribution < -0.4 is 5.43 Å². The van der Waals surface area contributed by atoms with Crippen LogP contribution in [-0.4, -0.2) is 36.3 Å². The van der Waals surface area contributed by atoms with Gasteiger partial charge >= 0.3 is 0 Å². The Bertz CT molecular complexity index is 629. The number of ether oxygens (including phenoxy) is 1. The monoisotopic (exact) mass is 254 g/mol. The summed E-state index contributed by atoms with van der Waals surface area (Å²) in [5, 5.41) is 12.2. The summed E-state index contributed by atoms with van der Waals surface area (Å²) in [6, 6.07) is 11.9. The molecule has 1 aliphatic heterocycles. The molecule has 0 radical (unpaired) electrons. The molecule has 0 bridgehead atoms. The summed E-state index contributed by atoms with van der Waals surface area (Å²) in [5.41, 5.74) is 4.66. The van der Waals surface area contributed by atoms with Crippen LogP contribution in [0.2, 0.25) is 0 Å². The van der Waals surface area contributed by atoms with E-state index < -0.39 is 0 Å². The van der Waals surface area contributed by atoms with Gasteiger partial charge in [-0.15, -0.1) is 0 Å². The number of anilines is 1. The number of morpholine rings is 1. The minimum absolute atomic E-state index is 0.560. The summed E-state index contributed by atoms with van der Waals surface area (Å²) in [6.07, 6.45) is 0. The Labute approximate surface area is 111 Å². The molecule has 1 aromatic heterocycles. The Morgan fingerprint density at radius 1 is 1.26 bits per heavy atom. The second-order valence-electron chi connectivity index (χ2n) is 4.40. The zero-order valence-corrected chi connectivity index (χ0v) is 10.5. The molecule has 0 spiro atoms. The second-order valence-corrected chi connectivity index (χ2v) is 4.40. The van der Waals surface area contributed by atoms with Crippen LogP contribution in [0.5, 0.6) is 0 Å². The van der Waals surface area contributed by atoms with Crippen molar-refractivity contribution < 1.29 is 4.74 Å². The summed E-state index contributed by atoms with van der Waals surface area (Å²) in [7, 11) is 0. The van der Waals surface area contributed by atoms with E-state index in [0.29, 0.717) is 24.6 Å². The van der Waals surface area contributed by atoms with Gasteiger partial charge in [0.2, 0.25) is 0 Å². The predicted octanol–water partition coefficient (Wildman–Crippen LogP) is 1.77. The van der Waals surface area contributed by atoms with Crippen molar-refractivity contribution in [2.75, 3.05) is 31.7 Å². The first-order valence-electron chi connectivity index (χ1n) is 6.26. The Morgan fingerprint density at radius 2 is 2.05 bits per heavy atom. The van der Waals surface area contributed by atoms with Gasteiger partial charge < -0.3 is 10.2 Å². The first-order chi connectivity index (χ1) is 9.36. The van der Waals surface area contributed by atoms with E-state index in [0.717, 1.165) is 24.0 Å². The molecule has 0 aliphatic carbocycles. The molecular weight excluding hydrogens is 240 g/mol. The average Bonchev–Trinajstić information content (AvgIpc) is 2.47. The Hall–Kier alpha value is -2.16. The Kier molecular flexibility index (Phi) is 3.27. The maximum absolute atomic E-state index is 9.23. The van der Waals surface area contributed by atoms with Crippen molar-refractivity contribution in [2.24, 2.45) is 0 Å². The fourth-order valence-electron chi connectivity index (χ4n) is 2.11. The molecule has 2 aromatic rings. The lowest BCUT2D eigenvalue weighted by molar-refractivity contribution is 0.0495. The number of aromatic nitrogens is 1. The zero-order valence-electron chi connectivity index (χ0n) is 10.5. The van der Waals surface area contributed by atoms with E-state index in [4.69, 9.17) is 4.74 Å². The summed E-state index contributed by atoms with van der Waals surface area (Å²) >= 11 is 0. The standard InChI is InChI=1S/C14H14N4O/c15-10-12-9-11-3-1-2-4-13(11)16-14(12)17-18-5-7-19-8-6-18/h1-4,9H,5-8H2,(H,16,17). The number of para-hydroxylation sites is 1. The summed E-state index contributed by atoms with van der Waals surface area (Å²) in [5.74, 6) is 0.614. The van der Waals surface area contributed by atoms with Crippen LogP contribution in [0.4, 0.5) is 5.82 Å². The fraction of sp³-hybridized carbons (Fsp3) is 0.286. The lowest BCUT2D eigenvalue weighted by Crippen LogP contribution is -2.40. The van der Waals surface area contributed by atoms with Crippen molar-refractivity contribution in [1.82, 2.24) is 9.99 Å². The minimum atomic E-state index is 0.560. The number of hydrogen-bond donors (Lipinski definition) is 1. The van der Waals surface area contributed by atoms with Gasteiger partial charge in [0, 0.05) is 18.5 Å². The molecule has 19 heavy (non-hydrogen) atoms. The molecule has 0 amide bonds. The number of nitrogens with zero attached hydrogens (tertiary/aromatic N) is 3. The van der Waals surface area contributed by atoms with Crippen LogP contribution >= 0.6 is 0 Å². The predicted molar refractivity (Wildman–Crippen MR) is 72.5 cm³/mol. The van der Waals surface area contributed by atoms with Gasteiger partial charge in [-0.1, -0.05) is 18.2 Å². The lowest BCUT2D eigenvalue weighted by atomic mass is 10.1. The van der Waals surface area contributed by atoms with Crippen LogP contribution in [0.25, 0.3) is 10.9 Å². The molecule has 0 unspecified atom stereocenters. The summed E-state index contributed by atoms with van der Waals surface area (Å²) in [4.78, 5) is 4.52. The van der Waals surface area contributed by atoms with Gasteiger partial charge in [-0.25, -0.2) is 9.99 Å². The SMILES string of the molecule is N#Cc1cc2ccccc2nc1NN1CCOCC1. The van der Waals surface area contributed by atoms with E-state index in [1.54, 1.807) is 0 Å². The first kappa shape index (κ1) is 11.9. The van der Waals surface area contributed by atoms with E-state index in [1.165, 1.54) is 0 Å². The van der Waals surface area contributed by atoms with Crippen LogP contribution in [0, 0.1) is 11.3 Å². The highest BCUT2D eigenvalue weighted by molar-refractivity contribution is 5.82. The number of fused-ring (bicyclic) bond motifs is 1. The van der Waals surface area contributed by atoms with E-state index in [9.17, 15) is 5.26 Å². The van der Waals surface area contributed by atoms with Crippen LogP contribution in [0.3, 0.4) is 0 Å². The van der Waals surface area contributed by atoms with Crippen molar-refractivity contribution >= 4 is 16.7 Å². The third-order valence-corrected chi connectivity index (χ3v) is 3.12. The molecule has 1 N–H and O–H groups in total. The largest absolute Gasteiger partial charge is 0.379 e. The molecule has 5 nitrogen and oxygen atoms in total. The quantitative estimate of drug-likeness (QED) is 0.885. The Balaban J connectivity index is 1.94. The number of hydrogen-bond acceptors (Lipinski definition) is 5. The fourth-order valence-corrected chi connectivity index (χ4v) is 2.11. The van der Waals surface area contributed by atoms with Gasteiger partial charge in [0.1, 0.15) is 6.07 Å². The topological polar surface area (TPSA) is 61.2 Å². The number of nitriles is 1. The smallest absolute Gasteiger partial charge is 0.159 e. The molecule has 1 aliphatic rings. The molecule has 96 valence electrons. The third kappa shape index (κ3) is 2.50. The molecular formula is C14H14N4O. The first-order valence-corrected chi connectivity index (χ1v) is 6.26. The number of benzene rings is 1. The van der Waals surface area contributed by atoms with E-state index in [1.807, 2.05) is 35.3 Å². The zero-order chi connectivity index (χ0) is 13.1. The van der Waals surface area contributed by atoms with E-state index in [-0.39, 0.29) is 0 Å². The van der Waals surface area contributed by atoms with Crippen molar-refractivity contribution in [3.8, 4) is 6.07 Å². The highest BCUT2D eigenvalue weighted by Gasteiger charge is 2.13. The van der Waals surface area contributed by atoms with Crippen LogP contribution in [0.15, 0.2) is 30.3 Å². The molecule has 2 heterocycles. The number of nitrogens with one attached hydrogen (secondary N) is 1. The second kappa shape index (κ2) is 5.22. The highest BCUT2D eigenvalue weighted by atomic mass is 16.5. The Morgan fingerprint density at radius 3 is 2.84 bits per heavy atom. The van der Waals surface area contributed by atoms with Gasteiger partial charge in [0.25, 0.3) is 0 Å². The number of pyridine rings is 1. The minimum Gasteiger partial charge on any atom is -0.379 e. The van der Waals surface area contributed by atoms with Crippen molar-refractivity contribution in [2.45, 2.75) is 0 Å². The highest BCUT2D eigenvalue weighted by Crippen LogP contribution is 2.20. The van der Waals surface area contributed by atoms with Crippen molar-refractivity contribution in [3.63, 3.8) is 0 Å². The van der Waals surface area contributed by atoms with E-state index >= 15 is 0 Å². The molecule has 1 fully saturated rings. The lowest BCUT2D eigenvalue weighted by Gasteiger charge is -2.27. The van der Waals surface area contributed by atoms with Gasteiger partial charge in [-0.05, 0) is 12.1 Å². The maximum atomic E-state index is 9.23. The van der Waals surface area contributed by atoms with Crippen molar-refractivity contribution in [3.05, 3.63) is 35.9 Å². The molecule has 0 atom stereocenters. The van der Waals surface area contributed by atoms with Gasteiger partial charge in [0.05, 0.1) is 24.3 Å². The number of rotatable bonds is 2. The van der Waals surface area contributed by atoms with Crippen molar-refractivity contribution in [1.29, 1.82) is 5.26 Å². The molecule has 5 heteroatoms. The normalized spacial score (nSPS) is 16.2. The van der Waals surface area contributed by atoms with E-state index in [2.05, 4.69) is 16.5 Å². The third-order valence-electron chi connectivity index (χ3n) is 3.12. The summed E-state index contributed by atoms with van der Waals surface area (Å²) < 4.78 is 5.30. The molecule has 0 saturated carbocycles. The van der Waals surface area contributed by atoms with Gasteiger partial charge in [-0.2, -0.15) is 5.26 Å². The molecule has 3 rings (SSSR count). The summed E-state index contributed by atoms with van der Waals surface area (Å²) in [6.45, 7) is 2.98. The maximum Gasteiger partial charge on any atom is 0.159 e. The van der Waals surface area contributed by atoms with Crippen LogP contribution in [-0.2, 0) is 4.74 Å². The van der Waals surface area contributed by atoms with Gasteiger partial charge in [-0.3, -0.25) is 0 Å². The van der Waals surface area contributed by atoms with Gasteiger partial charge in [0.15, 0.2) is 5.82 Å². The average molecular weight is 254 g/mol. The van der Waals surface area contributed by atoms with Crippen LogP contribution in [0.1, 0.15) is 5.56 Å². The molecule has 1 aromatic carbocycles. The molecule has 1 saturated heterocycles. The number of hydrazine groups is 1.